The number of alkyl halides is 1. The number of nitrogens with two attached hydrogens (primary N) is 1. The van der Waals surface area contributed by atoms with Crippen LogP contribution in [-0.4, -0.2) is 21.6 Å². The highest BCUT2D eigenvalue weighted by Crippen LogP contribution is 2.36. The summed E-state index contributed by atoms with van der Waals surface area (Å²) >= 11 is 1.55. The van der Waals surface area contributed by atoms with E-state index in [2.05, 4.69) is 4.98 Å². The lowest BCUT2D eigenvalue weighted by Crippen LogP contribution is -2.47. The van der Waals surface area contributed by atoms with E-state index >= 15 is 0 Å². The molecule has 0 saturated heterocycles. The molecule has 0 aliphatic heterocycles. The maximum absolute atomic E-state index is 14.8. The summed E-state index contributed by atoms with van der Waals surface area (Å²) in [7, 11) is 0. The summed E-state index contributed by atoms with van der Waals surface area (Å²) in [4.78, 5) is 5.30. The molecule has 0 aromatic carbocycles. The minimum Gasteiger partial charge on any atom is -0.327 e. The van der Waals surface area contributed by atoms with E-state index in [-0.39, 0.29) is 13.0 Å². The van der Waals surface area contributed by atoms with Crippen LogP contribution in [0.25, 0.3) is 4.96 Å². The Kier molecular flexibility index (Phi) is 2.99. The molecule has 3 nitrogen and oxygen atoms in total. The fourth-order valence-electron chi connectivity index (χ4n) is 1.79. The van der Waals surface area contributed by atoms with Gasteiger partial charge in [-0.05, 0) is 5.41 Å². The van der Waals surface area contributed by atoms with Crippen LogP contribution in [0.15, 0.2) is 17.8 Å². The van der Waals surface area contributed by atoms with E-state index in [9.17, 15) is 4.39 Å². The molecule has 0 radical (unpaired) electrons. The van der Waals surface area contributed by atoms with Crippen molar-refractivity contribution in [3.05, 3.63) is 23.5 Å². The number of rotatable bonds is 3. The molecule has 0 saturated carbocycles. The van der Waals surface area contributed by atoms with Gasteiger partial charge in [-0.3, -0.25) is 4.40 Å². The van der Waals surface area contributed by atoms with Gasteiger partial charge in [0.25, 0.3) is 0 Å². The molecule has 0 aliphatic rings. The van der Waals surface area contributed by atoms with E-state index in [1.165, 1.54) is 0 Å². The van der Waals surface area contributed by atoms with Crippen LogP contribution in [0.1, 0.15) is 26.5 Å². The van der Waals surface area contributed by atoms with Gasteiger partial charge in [0.2, 0.25) is 0 Å². The highest BCUT2D eigenvalue weighted by atomic mass is 32.1. The minimum absolute atomic E-state index is 0.0156. The first kappa shape index (κ1) is 12.5. The van der Waals surface area contributed by atoms with Crippen LogP contribution in [-0.2, 0) is 6.42 Å². The predicted octanol–water partition coefficient (Wildman–Crippen LogP) is 2.65. The van der Waals surface area contributed by atoms with Crippen LogP contribution in [0, 0.1) is 5.41 Å². The average molecular weight is 255 g/mol. The third-order valence-electron chi connectivity index (χ3n) is 3.27. The number of aromatic nitrogens is 2. The Morgan fingerprint density at radius 2 is 2.18 bits per heavy atom. The van der Waals surface area contributed by atoms with Crippen molar-refractivity contribution in [1.82, 2.24) is 9.38 Å². The number of hydrogen-bond donors (Lipinski definition) is 1. The Labute approximate surface area is 104 Å². The topological polar surface area (TPSA) is 43.3 Å². The van der Waals surface area contributed by atoms with E-state index in [0.717, 1.165) is 10.7 Å². The van der Waals surface area contributed by atoms with Crippen molar-refractivity contribution in [1.29, 1.82) is 0 Å². The van der Waals surface area contributed by atoms with Crippen molar-refractivity contribution in [2.24, 2.45) is 11.1 Å². The smallest absolute Gasteiger partial charge is 0.193 e. The summed E-state index contributed by atoms with van der Waals surface area (Å²) in [6.45, 7) is 5.64. The van der Waals surface area contributed by atoms with Crippen molar-refractivity contribution >= 4 is 16.3 Å². The molecule has 0 bridgehead atoms. The van der Waals surface area contributed by atoms with Gasteiger partial charge in [0.05, 0.1) is 5.69 Å². The van der Waals surface area contributed by atoms with E-state index in [1.54, 1.807) is 11.3 Å². The van der Waals surface area contributed by atoms with Crippen LogP contribution in [0.4, 0.5) is 4.39 Å². The zero-order chi connectivity index (χ0) is 12.7. The minimum atomic E-state index is -1.42. The van der Waals surface area contributed by atoms with Crippen molar-refractivity contribution < 1.29 is 4.39 Å². The van der Waals surface area contributed by atoms with E-state index in [4.69, 9.17) is 5.73 Å². The van der Waals surface area contributed by atoms with Crippen LogP contribution in [0.3, 0.4) is 0 Å². The molecule has 0 amide bonds. The molecular weight excluding hydrogens is 237 g/mol. The molecule has 1 atom stereocenters. The number of hydrogen-bond acceptors (Lipinski definition) is 3. The van der Waals surface area contributed by atoms with E-state index in [0.29, 0.717) is 0 Å². The lowest BCUT2D eigenvalue weighted by Gasteiger charge is -2.36. The molecule has 94 valence electrons. The van der Waals surface area contributed by atoms with Crippen LogP contribution in [0.2, 0.25) is 0 Å². The zero-order valence-corrected chi connectivity index (χ0v) is 11.2. The first-order valence-corrected chi connectivity index (χ1v) is 6.54. The maximum atomic E-state index is 14.8. The summed E-state index contributed by atoms with van der Waals surface area (Å²) in [6, 6.07) is 0. The van der Waals surface area contributed by atoms with Gasteiger partial charge in [0, 0.05) is 30.7 Å². The molecule has 0 fully saturated rings. The molecular formula is C12H18FN3S. The summed E-state index contributed by atoms with van der Waals surface area (Å²) in [5, 5.41) is 1.96. The second-order valence-corrected chi connectivity index (χ2v) is 6.29. The fourth-order valence-corrected chi connectivity index (χ4v) is 2.51. The number of imidazole rings is 1. The molecule has 1 unspecified atom stereocenters. The lowest BCUT2D eigenvalue weighted by molar-refractivity contribution is 0.0374. The van der Waals surface area contributed by atoms with Gasteiger partial charge >= 0.3 is 0 Å². The third kappa shape index (κ3) is 2.21. The van der Waals surface area contributed by atoms with Crippen molar-refractivity contribution in [3.63, 3.8) is 0 Å². The molecule has 2 heterocycles. The third-order valence-corrected chi connectivity index (χ3v) is 4.04. The summed E-state index contributed by atoms with van der Waals surface area (Å²) in [6.07, 6.45) is 4.07. The Morgan fingerprint density at radius 1 is 1.47 bits per heavy atom. The second-order valence-electron chi connectivity index (χ2n) is 5.42. The molecule has 5 heteroatoms. The molecule has 2 aromatic heterocycles. The first-order chi connectivity index (χ1) is 7.86. The SMILES string of the molecule is CC(C)(C)C(F)(CN)Cc1cn2ccsc2n1. The molecule has 2 aromatic rings. The highest BCUT2D eigenvalue weighted by molar-refractivity contribution is 7.15. The molecule has 0 spiro atoms. The predicted molar refractivity (Wildman–Crippen MR) is 69.1 cm³/mol. The summed E-state index contributed by atoms with van der Waals surface area (Å²) in [5.41, 5.74) is 4.46. The Hall–Kier alpha value is -0.940. The standard InChI is InChI=1S/C12H18FN3S/c1-11(2,3)12(13,8-14)6-9-7-16-4-5-17-10(16)15-9/h4-5,7H,6,8,14H2,1-3H3. The van der Waals surface area contributed by atoms with Gasteiger partial charge in [-0.1, -0.05) is 20.8 Å². The molecule has 0 aliphatic carbocycles. The highest BCUT2D eigenvalue weighted by Gasteiger charge is 2.41. The van der Waals surface area contributed by atoms with Gasteiger partial charge < -0.3 is 5.73 Å². The van der Waals surface area contributed by atoms with Gasteiger partial charge in [0.1, 0.15) is 5.67 Å². The Bertz CT molecular complexity index is 483. The quantitative estimate of drug-likeness (QED) is 0.916. The van der Waals surface area contributed by atoms with Gasteiger partial charge in [-0.2, -0.15) is 0 Å². The zero-order valence-electron chi connectivity index (χ0n) is 10.4. The van der Waals surface area contributed by atoms with E-state index < -0.39 is 11.1 Å². The fraction of sp³-hybridized carbons (Fsp3) is 0.583. The van der Waals surface area contributed by atoms with Crippen molar-refractivity contribution in [3.8, 4) is 0 Å². The van der Waals surface area contributed by atoms with Crippen molar-refractivity contribution in [2.45, 2.75) is 32.9 Å². The average Bonchev–Trinajstić information content (AvgIpc) is 2.75. The molecule has 2 rings (SSSR count). The maximum Gasteiger partial charge on any atom is 0.193 e. The monoisotopic (exact) mass is 255 g/mol. The van der Waals surface area contributed by atoms with Gasteiger partial charge in [-0.25, -0.2) is 9.37 Å². The number of nitrogens with zero attached hydrogens (tertiary/aromatic N) is 2. The first-order valence-electron chi connectivity index (χ1n) is 5.66. The van der Waals surface area contributed by atoms with Gasteiger partial charge in [-0.15, -0.1) is 11.3 Å². The van der Waals surface area contributed by atoms with Crippen molar-refractivity contribution in [2.75, 3.05) is 6.54 Å². The van der Waals surface area contributed by atoms with E-state index in [1.807, 2.05) is 42.9 Å². The summed E-state index contributed by atoms with van der Waals surface area (Å²) < 4.78 is 16.7. The lowest BCUT2D eigenvalue weighted by atomic mass is 9.75. The second kappa shape index (κ2) is 4.07. The summed E-state index contributed by atoms with van der Waals surface area (Å²) in [5.74, 6) is 0. The molecule has 17 heavy (non-hydrogen) atoms. The number of halogens is 1. The largest absolute Gasteiger partial charge is 0.327 e. The number of fused-ring (bicyclic) bond motifs is 1. The normalized spacial score (nSPS) is 16.3. The van der Waals surface area contributed by atoms with Gasteiger partial charge in [0.15, 0.2) is 4.96 Å². The Morgan fingerprint density at radius 3 is 2.71 bits per heavy atom. The molecule has 2 N–H and O–H groups in total. The number of thiazole rings is 1. The van der Waals surface area contributed by atoms with Crippen LogP contribution < -0.4 is 5.73 Å². The van der Waals surface area contributed by atoms with Crippen LogP contribution in [0.5, 0.6) is 0 Å². The Balaban J connectivity index is 2.27. The van der Waals surface area contributed by atoms with Crippen LogP contribution >= 0.6 is 11.3 Å².